The van der Waals surface area contributed by atoms with Crippen LogP contribution < -0.4 is 5.32 Å². The maximum absolute atomic E-state index is 12.5. The van der Waals surface area contributed by atoms with Gasteiger partial charge in [-0.05, 0) is 48.5 Å². The summed E-state index contributed by atoms with van der Waals surface area (Å²) in [5.74, 6) is 0. The summed E-state index contributed by atoms with van der Waals surface area (Å²) in [6.07, 6.45) is 0. The van der Waals surface area contributed by atoms with Gasteiger partial charge in [-0.15, -0.1) is 0 Å². The Hall–Kier alpha value is -2.59. The molecule has 0 radical (unpaired) electrons. The molecule has 0 bridgehead atoms. The lowest BCUT2D eigenvalue weighted by Crippen LogP contribution is -2.01. The molecule has 3 nitrogen and oxygen atoms in total. The van der Waals surface area contributed by atoms with Gasteiger partial charge in [0, 0.05) is 11.4 Å². The van der Waals surface area contributed by atoms with Gasteiger partial charge in [-0.2, -0.15) is 0 Å². The van der Waals surface area contributed by atoms with Gasteiger partial charge in [-0.25, -0.2) is 8.42 Å². The van der Waals surface area contributed by atoms with E-state index in [0.717, 1.165) is 11.4 Å². The summed E-state index contributed by atoms with van der Waals surface area (Å²) in [6.45, 7) is 0. The number of benzene rings is 3. The zero-order valence-electron chi connectivity index (χ0n) is 11.8. The van der Waals surface area contributed by atoms with Gasteiger partial charge < -0.3 is 5.32 Å². The zero-order valence-corrected chi connectivity index (χ0v) is 12.6. The largest absolute Gasteiger partial charge is 0.356 e. The molecule has 0 aliphatic heterocycles. The predicted molar refractivity (Wildman–Crippen MR) is 88.1 cm³/mol. The minimum Gasteiger partial charge on any atom is -0.356 e. The first kappa shape index (κ1) is 14.4. The quantitative estimate of drug-likeness (QED) is 0.783. The van der Waals surface area contributed by atoms with Crippen LogP contribution in [0.4, 0.5) is 11.4 Å². The van der Waals surface area contributed by atoms with Crippen molar-refractivity contribution in [3.63, 3.8) is 0 Å². The number of nitrogens with one attached hydrogen (secondary N) is 1. The van der Waals surface area contributed by atoms with Crippen LogP contribution in [0.15, 0.2) is 94.7 Å². The molecule has 0 aliphatic carbocycles. The SMILES string of the molecule is O=S(=O)(c1ccccc1)c1ccc(Nc2ccccc2)cc1. The average molecular weight is 309 g/mol. The van der Waals surface area contributed by atoms with Gasteiger partial charge >= 0.3 is 0 Å². The zero-order chi connectivity index (χ0) is 15.4. The van der Waals surface area contributed by atoms with Crippen molar-refractivity contribution in [2.75, 3.05) is 5.32 Å². The van der Waals surface area contributed by atoms with Crippen molar-refractivity contribution in [2.45, 2.75) is 9.79 Å². The first-order chi connectivity index (χ1) is 10.7. The van der Waals surface area contributed by atoms with E-state index < -0.39 is 9.84 Å². The van der Waals surface area contributed by atoms with Crippen LogP contribution in [-0.4, -0.2) is 8.42 Å². The van der Waals surface area contributed by atoms with Crippen LogP contribution in [0.5, 0.6) is 0 Å². The number of rotatable bonds is 4. The van der Waals surface area contributed by atoms with Gasteiger partial charge in [-0.3, -0.25) is 0 Å². The van der Waals surface area contributed by atoms with Crippen molar-refractivity contribution in [3.8, 4) is 0 Å². The first-order valence-corrected chi connectivity index (χ1v) is 8.37. The summed E-state index contributed by atoms with van der Waals surface area (Å²) in [6, 6.07) is 24.9. The minimum absolute atomic E-state index is 0.289. The van der Waals surface area contributed by atoms with Gasteiger partial charge in [0.15, 0.2) is 0 Å². The molecule has 3 aromatic carbocycles. The molecule has 0 spiro atoms. The number of hydrogen-bond donors (Lipinski definition) is 1. The third-order valence-electron chi connectivity index (χ3n) is 3.28. The second kappa shape index (κ2) is 6.03. The van der Waals surface area contributed by atoms with Crippen LogP contribution in [0.1, 0.15) is 0 Å². The average Bonchev–Trinajstić information content (AvgIpc) is 2.57. The van der Waals surface area contributed by atoms with Gasteiger partial charge in [0.25, 0.3) is 0 Å². The molecule has 0 amide bonds. The smallest absolute Gasteiger partial charge is 0.206 e. The van der Waals surface area contributed by atoms with Gasteiger partial charge in [0.05, 0.1) is 9.79 Å². The Kier molecular flexibility index (Phi) is 3.94. The van der Waals surface area contributed by atoms with Crippen molar-refractivity contribution in [1.82, 2.24) is 0 Å². The van der Waals surface area contributed by atoms with E-state index in [-0.39, 0.29) is 4.90 Å². The summed E-state index contributed by atoms with van der Waals surface area (Å²) in [5, 5.41) is 3.23. The van der Waals surface area contributed by atoms with E-state index in [4.69, 9.17) is 0 Å². The molecule has 0 saturated heterocycles. The van der Waals surface area contributed by atoms with E-state index in [1.807, 2.05) is 30.3 Å². The van der Waals surface area contributed by atoms with Crippen LogP contribution >= 0.6 is 0 Å². The second-order valence-electron chi connectivity index (χ2n) is 4.83. The number of sulfone groups is 1. The topological polar surface area (TPSA) is 46.2 Å². The molecule has 0 saturated carbocycles. The summed E-state index contributed by atoms with van der Waals surface area (Å²) in [4.78, 5) is 0.594. The lowest BCUT2D eigenvalue weighted by Gasteiger charge is -2.08. The summed E-state index contributed by atoms with van der Waals surface area (Å²) < 4.78 is 25.0. The molecule has 22 heavy (non-hydrogen) atoms. The standard InChI is InChI=1S/C18H15NO2S/c20-22(21,17-9-5-2-6-10-17)18-13-11-16(12-14-18)19-15-7-3-1-4-8-15/h1-14,19H. The molecule has 3 rings (SSSR count). The maximum Gasteiger partial charge on any atom is 0.206 e. The maximum atomic E-state index is 12.5. The van der Waals surface area contributed by atoms with E-state index in [1.165, 1.54) is 0 Å². The first-order valence-electron chi connectivity index (χ1n) is 6.88. The summed E-state index contributed by atoms with van der Waals surface area (Å²) >= 11 is 0. The number of anilines is 2. The molecule has 4 heteroatoms. The van der Waals surface area contributed by atoms with E-state index in [0.29, 0.717) is 4.90 Å². The highest BCUT2D eigenvalue weighted by molar-refractivity contribution is 7.91. The number of hydrogen-bond acceptors (Lipinski definition) is 3. The van der Waals surface area contributed by atoms with E-state index >= 15 is 0 Å². The fourth-order valence-electron chi connectivity index (χ4n) is 2.14. The van der Waals surface area contributed by atoms with Crippen molar-refractivity contribution in [2.24, 2.45) is 0 Å². The van der Waals surface area contributed by atoms with Gasteiger partial charge in [0.2, 0.25) is 9.84 Å². The van der Waals surface area contributed by atoms with Crippen LogP contribution in [0.25, 0.3) is 0 Å². The monoisotopic (exact) mass is 309 g/mol. The lowest BCUT2D eigenvalue weighted by molar-refractivity contribution is 0.596. The fraction of sp³-hybridized carbons (Fsp3) is 0. The van der Waals surface area contributed by atoms with Gasteiger partial charge in [0.1, 0.15) is 0 Å². The van der Waals surface area contributed by atoms with Crippen LogP contribution in [0.2, 0.25) is 0 Å². The molecule has 0 atom stereocenters. The van der Waals surface area contributed by atoms with Crippen molar-refractivity contribution < 1.29 is 8.42 Å². The van der Waals surface area contributed by atoms with E-state index in [9.17, 15) is 8.42 Å². The van der Waals surface area contributed by atoms with Crippen LogP contribution in [-0.2, 0) is 9.84 Å². The summed E-state index contributed by atoms with van der Waals surface area (Å²) in [5.41, 5.74) is 1.80. The Balaban J connectivity index is 1.86. The third-order valence-corrected chi connectivity index (χ3v) is 5.07. The molecule has 110 valence electrons. The Bertz CT molecular complexity index is 843. The highest BCUT2D eigenvalue weighted by Gasteiger charge is 2.16. The van der Waals surface area contributed by atoms with Crippen LogP contribution in [0, 0.1) is 0 Å². The van der Waals surface area contributed by atoms with E-state index in [2.05, 4.69) is 5.32 Å². The van der Waals surface area contributed by atoms with Crippen molar-refractivity contribution >= 4 is 21.2 Å². The third kappa shape index (κ3) is 3.02. The fourth-order valence-corrected chi connectivity index (χ4v) is 3.42. The Morgan fingerprint density at radius 2 is 1.00 bits per heavy atom. The lowest BCUT2D eigenvalue weighted by atomic mass is 10.3. The Morgan fingerprint density at radius 3 is 1.59 bits per heavy atom. The number of para-hydroxylation sites is 1. The molecule has 3 aromatic rings. The predicted octanol–water partition coefficient (Wildman–Crippen LogP) is 4.26. The van der Waals surface area contributed by atoms with Crippen molar-refractivity contribution in [1.29, 1.82) is 0 Å². The summed E-state index contributed by atoms with van der Waals surface area (Å²) in [7, 11) is -3.46. The highest BCUT2D eigenvalue weighted by Crippen LogP contribution is 2.23. The van der Waals surface area contributed by atoms with E-state index in [1.54, 1.807) is 54.6 Å². The molecule has 0 unspecified atom stereocenters. The normalized spacial score (nSPS) is 11.1. The molecule has 0 aromatic heterocycles. The van der Waals surface area contributed by atoms with Crippen molar-refractivity contribution in [3.05, 3.63) is 84.9 Å². The Labute approximate surface area is 130 Å². The molecule has 0 heterocycles. The van der Waals surface area contributed by atoms with Gasteiger partial charge in [-0.1, -0.05) is 36.4 Å². The second-order valence-corrected chi connectivity index (χ2v) is 6.78. The molecule has 0 aliphatic rings. The molecular weight excluding hydrogens is 294 g/mol. The van der Waals surface area contributed by atoms with Crippen LogP contribution in [0.3, 0.4) is 0 Å². The highest BCUT2D eigenvalue weighted by atomic mass is 32.2. The molecule has 1 N–H and O–H groups in total. The Morgan fingerprint density at radius 1 is 0.545 bits per heavy atom. The molecule has 0 fully saturated rings. The molecular formula is C18H15NO2S. The minimum atomic E-state index is -3.46.